The van der Waals surface area contributed by atoms with E-state index in [-0.39, 0.29) is 11.6 Å². The lowest BCUT2D eigenvalue weighted by molar-refractivity contribution is 0.102. The van der Waals surface area contributed by atoms with Crippen molar-refractivity contribution >= 4 is 28.3 Å². The largest absolute Gasteiger partial charge is 0.368 e. The van der Waals surface area contributed by atoms with Gasteiger partial charge < -0.3 is 15.6 Å². The van der Waals surface area contributed by atoms with Crippen molar-refractivity contribution in [1.29, 1.82) is 0 Å². The summed E-state index contributed by atoms with van der Waals surface area (Å²) in [6, 6.07) is 14.2. The van der Waals surface area contributed by atoms with Crippen LogP contribution >= 0.6 is 0 Å². The van der Waals surface area contributed by atoms with E-state index >= 15 is 0 Å². The van der Waals surface area contributed by atoms with Gasteiger partial charge in [0, 0.05) is 29.3 Å². The van der Waals surface area contributed by atoms with Crippen LogP contribution in [0.5, 0.6) is 0 Å². The monoisotopic (exact) mass is 385 g/mol. The van der Waals surface area contributed by atoms with Crippen molar-refractivity contribution in [3.63, 3.8) is 0 Å². The van der Waals surface area contributed by atoms with Gasteiger partial charge in [-0.25, -0.2) is 9.97 Å². The van der Waals surface area contributed by atoms with E-state index in [1.807, 2.05) is 44.3 Å². The van der Waals surface area contributed by atoms with E-state index in [0.29, 0.717) is 5.82 Å². The van der Waals surface area contributed by atoms with Gasteiger partial charge in [0.2, 0.25) is 0 Å². The van der Waals surface area contributed by atoms with Crippen LogP contribution in [0.1, 0.15) is 27.2 Å². The summed E-state index contributed by atoms with van der Waals surface area (Å²) in [5, 5.41) is 7.37. The molecule has 0 atom stereocenters. The third-order valence-electron chi connectivity index (χ3n) is 4.74. The Hall–Kier alpha value is -3.67. The molecule has 29 heavy (non-hydrogen) atoms. The summed E-state index contributed by atoms with van der Waals surface area (Å²) in [6.07, 6.45) is 5.98. The second kappa shape index (κ2) is 8.14. The molecule has 0 aliphatic rings. The second-order valence-electron chi connectivity index (χ2n) is 7.15. The number of hydrogen-bond acceptors (Lipinski definition) is 4. The summed E-state index contributed by atoms with van der Waals surface area (Å²) in [5.74, 6) is 0.376. The molecule has 3 N–H and O–H groups in total. The fraction of sp³-hybridized carbons (Fsp3) is 0.174. The molecule has 2 aromatic heterocycles. The predicted molar refractivity (Wildman–Crippen MR) is 116 cm³/mol. The van der Waals surface area contributed by atoms with Gasteiger partial charge in [0.25, 0.3) is 5.91 Å². The van der Waals surface area contributed by atoms with Crippen LogP contribution in [-0.4, -0.2) is 27.4 Å². The van der Waals surface area contributed by atoms with Crippen LogP contribution in [0.3, 0.4) is 0 Å². The van der Waals surface area contributed by atoms with Crippen LogP contribution in [-0.2, 0) is 6.42 Å². The number of rotatable bonds is 6. The number of hydrogen-bond donors (Lipinski definition) is 3. The SMILES string of the molecule is Cc1cc(C)cc(NC(=O)c2cnc(NCCc3c[nH]c4ccccc34)cn2)c1. The van der Waals surface area contributed by atoms with Gasteiger partial charge in [0.15, 0.2) is 0 Å². The van der Waals surface area contributed by atoms with Gasteiger partial charge in [-0.2, -0.15) is 0 Å². The quantitative estimate of drug-likeness (QED) is 0.457. The molecule has 4 rings (SSSR count). The maximum atomic E-state index is 12.4. The standard InChI is InChI=1S/C23H23N5O/c1-15-9-16(2)11-18(10-15)28-23(29)21-13-27-22(14-26-21)24-8-7-17-12-25-20-6-4-3-5-19(17)20/h3-6,9-14,25H,7-8H2,1-2H3,(H,24,27)(H,28,29). The van der Waals surface area contributed by atoms with Gasteiger partial charge in [-0.1, -0.05) is 24.3 Å². The Bertz CT molecular complexity index is 1130. The molecule has 0 saturated heterocycles. The summed E-state index contributed by atoms with van der Waals surface area (Å²) in [4.78, 5) is 24.2. The van der Waals surface area contributed by atoms with Crippen molar-refractivity contribution in [2.24, 2.45) is 0 Å². The molecule has 0 aliphatic heterocycles. The number of H-pyrrole nitrogens is 1. The number of carbonyl (C=O) groups is 1. The molecule has 0 saturated carbocycles. The molecule has 0 aliphatic carbocycles. The van der Waals surface area contributed by atoms with Crippen molar-refractivity contribution in [1.82, 2.24) is 15.0 Å². The van der Waals surface area contributed by atoms with Crippen LogP contribution in [0.4, 0.5) is 11.5 Å². The van der Waals surface area contributed by atoms with Crippen LogP contribution in [0.2, 0.25) is 0 Å². The average Bonchev–Trinajstić information content (AvgIpc) is 3.11. The molecule has 2 heterocycles. The Kier molecular flexibility index (Phi) is 5.24. The maximum absolute atomic E-state index is 12.4. The number of benzene rings is 2. The summed E-state index contributed by atoms with van der Waals surface area (Å²) < 4.78 is 0. The zero-order valence-corrected chi connectivity index (χ0v) is 16.5. The Morgan fingerprint density at radius 2 is 1.83 bits per heavy atom. The fourth-order valence-electron chi connectivity index (χ4n) is 3.44. The van der Waals surface area contributed by atoms with E-state index in [1.54, 1.807) is 6.20 Å². The molecular formula is C23H23N5O. The molecule has 0 fully saturated rings. The number of nitrogens with one attached hydrogen (secondary N) is 3. The number of fused-ring (bicyclic) bond motifs is 1. The first-order valence-corrected chi connectivity index (χ1v) is 9.59. The van der Waals surface area contributed by atoms with E-state index in [2.05, 4.69) is 43.8 Å². The minimum absolute atomic E-state index is 0.271. The van der Waals surface area contributed by atoms with Crippen molar-refractivity contribution in [3.05, 3.63) is 83.4 Å². The highest BCUT2D eigenvalue weighted by atomic mass is 16.1. The van der Waals surface area contributed by atoms with E-state index in [9.17, 15) is 4.79 Å². The number of para-hydroxylation sites is 1. The molecule has 6 nitrogen and oxygen atoms in total. The van der Waals surface area contributed by atoms with E-state index in [1.165, 1.54) is 17.1 Å². The molecule has 0 bridgehead atoms. The smallest absolute Gasteiger partial charge is 0.275 e. The van der Waals surface area contributed by atoms with Gasteiger partial charge in [0.1, 0.15) is 11.5 Å². The lowest BCUT2D eigenvalue weighted by Gasteiger charge is -2.08. The highest BCUT2D eigenvalue weighted by Gasteiger charge is 2.09. The van der Waals surface area contributed by atoms with Gasteiger partial charge in [-0.05, 0) is 55.2 Å². The molecule has 1 amide bonds. The summed E-state index contributed by atoms with van der Waals surface area (Å²) in [7, 11) is 0. The number of aryl methyl sites for hydroxylation is 2. The summed E-state index contributed by atoms with van der Waals surface area (Å²) in [6.45, 7) is 4.73. The molecule has 0 unspecified atom stereocenters. The highest BCUT2D eigenvalue weighted by molar-refractivity contribution is 6.02. The topological polar surface area (TPSA) is 82.7 Å². The highest BCUT2D eigenvalue weighted by Crippen LogP contribution is 2.18. The number of anilines is 2. The number of nitrogens with zero attached hydrogens (tertiary/aromatic N) is 2. The van der Waals surface area contributed by atoms with Crippen molar-refractivity contribution < 1.29 is 4.79 Å². The van der Waals surface area contributed by atoms with Gasteiger partial charge in [-0.3, -0.25) is 4.79 Å². The first-order valence-electron chi connectivity index (χ1n) is 9.59. The molecule has 6 heteroatoms. The third-order valence-corrected chi connectivity index (χ3v) is 4.74. The number of carbonyl (C=O) groups excluding carboxylic acids is 1. The Balaban J connectivity index is 1.34. The number of aromatic nitrogens is 3. The molecule has 2 aromatic carbocycles. The van der Waals surface area contributed by atoms with E-state index < -0.39 is 0 Å². The zero-order valence-electron chi connectivity index (χ0n) is 16.5. The van der Waals surface area contributed by atoms with Crippen LogP contribution in [0.25, 0.3) is 10.9 Å². The van der Waals surface area contributed by atoms with Gasteiger partial charge >= 0.3 is 0 Å². The Morgan fingerprint density at radius 1 is 1.03 bits per heavy atom. The van der Waals surface area contributed by atoms with Gasteiger partial charge in [0.05, 0.1) is 12.4 Å². The number of aromatic amines is 1. The summed E-state index contributed by atoms with van der Waals surface area (Å²) in [5.41, 5.74) is 5.64. The zero-order chi connectivity index (χ0) is 20.2. The molecule has 0 spiro atoms. The third kappa shape index (κ3) is 4.43. The first kappa shape index (κ1) is 18.7. The first-order chi connectivity index (χ1) is 14.1. The van der Waals surface area contributed by atoms with E-state index in [4.69, 9.17) is 0 Å². The molecule has 0 radical (unpaired) electrons. The normalized spacial score (nSPS) is 10.8. The van der Waals surface area contributed by atoms with Crippen molar-refractivity contribution in [2.45, 2.75) is 20.3 Å². The Morgan fingerprint density at radius 3 is 2.59 bits per heavy atom. The van der Waals surface area contributed by atoms with Crippen LogP contribution in [0, 0.1) is 13.8 Å². The minimum Gasteiger partial charge on any atom is -0.368 e. The average molecular weight is 385 g/mol. The summed E-state index contributed by atoms with van der Waals surface area (Å²) >= 11 is 0. The maximum Gasteiger partial charge on any atom is 0.275 e. The van der Waals surface area contributed by atoms with E-state index in [0.717, 1.165) is 35.3 Å². The lowest BCUT2D eigenvalue weighted by Crippen LogP contribution is -2.15. The van der Waals surface area contributed by atoms with Crippen molar-refractivity contribution in [3.8, 4) is 0 Å². The number of amides is 1. The molecule has 4 aromatic rings. The Labute approximate surface area is 169 Å². The van der Waals surface area contributed by atoms with Gasteiger partial charge in [-0.15, -0.1) is 0 Å². The van der Waals surface area contributed by atoms with Crippen LogP contribution in [0.15, 0.2) is 61.1 Å². The van der Waals surface area contributed by atoms with Crippen LogP contribution < -0.4 is 10.6 Å². The minimum atomic E-state index is -0.271. The molecule has 146 valence electrons. The second-order valence-corrected chi connectivity index (χ2v) is 7.15. The van der Waals surface area contributed by atoms with Crippen molar-refractivity contribution in [2.75, 3.05) is 17.2 Å². The predicted octanol–water partition coefficient (Wildman–Crippen LogP) is 4.48. The lowest BCUT2D eigenvalue weighted by atomic mass is 10.1. The fourth-order valence-corrected chi connectivity index (χ4v) is 3.44. The molecular weight excluding hydrogens is 362 g/mol.